The molecule has 1 aromatic heterocycles. The van der Waals surface area contributed by atoms with E-state index < -0.39 is 12.0 Å². The van der Waals surface area contributed by atoms with Crippen LogP contribution in [-0.2, 0) is 17.1 Å². The number of carbonyl (C=O) groups is 1. The zero-order valence-electron chi connectivity index (χ0n) is 9.37. The molecule has 6 heteroatoms. The van der Waals surface area contributed by atoms with Crippen LogP contribution in [0.4, 0.5) is 0 Å². The molecule has 1 aliphatic rings. The molecule has 0 amide bonds. The van der Waals surface area contributed by atoms with Gasteiger partial charge >= 0.3 is 5.97 Å². The van der Waals surface area contributed by atoms with Crippen LogP contribution in [0.2, 0.25) is 0 Å². The van der Waals surface area contributed by atoms with Gasteiger partial charge in [0.15, 0.2) is 0 Å². The third kappa shape index (κ3) is 2.65. The number of hydrogen-bond acceptors (Lipinski definition) is 4. The van der Waals surface area contributed by atoms with Gasteiger partial charge < -0.3 is 20.5 Å². The van der Waals surface area contributed by atoms with E-state index in [1.807, 2.05) is 12.3 Å². The first kappa shape index (κ1) is 12.5. The lowest BCUT2D eigenvalue weighted by Crippen LogP contribution is -2.32. The smallest absolute Gasteiger partial charge is 0.321 e. The van der Waals surface area contributed by atoms with Crippen LogP contribution in [0.1, 0.15) is 23.8 Å². The minimum Gasteiger partial charge on any atom is -0.480 e. The maximum absolute atomic E-state index is 10.5. The average Bonchev–Trinajstić information content (AvgIpc) is 2.83. The number of hydrogen-bond donors (Lipinski definition) is 3. The summed E-state index contributed by atoms with van der Waals surface area (Å²) in [6.45, 7) is 0.857. The van der Waals surface area contributed by atoms with Gasteiger partial charge in [-0.25, -0.2) is 0 Å². The molecule has 2 atom stereocenters. The average molecular weight is 256 g/mol. The highest BCUT2D eigenvalue weighted by Crippen LogP contribution is 2.31. The Labute approximate surface area is 104 Å². The molecular formula is C11H16N2O3S. The Bertz CT molecular complexity index is 419. The molecule has 0 aliphatic carbocycles. The van der Waals surface area contributed by atoms with Gasteiger partial charge in [0.2, 0.25) is 0 Å². The van der Waals surface area contributed by atoms with Gasteiger partial charge in [0.05, 0.1) is 11.8 Å². The van der Waals surface area contributed by atoms with E-state index in [9.17, 15) is 9.90 Å². The van der Waals surface area contributed by atoms with E-state index in [2.05, 4.69) is 4.57 Å². The second-order valence-electron chi connectivity index (χ2n) is 4.18. The van der Waals surface area contributed by atoms with E-state index in [4.69, 9.17) is 10.8 Å². The number of aliphatic hydroxyl groups is 1. The lowest BCUT2D eigenvalue weighted by Gasteiger charge is -2.08. The molecule has 94 valence electrons. The van der Waals surface area contributed by atoms with Crippen molar-refractivity contribution >= 4 is 17.7 Å². The van der Waals surface area contributed by atoms with Crippen LogP contribution < -0.4 is 5.73 Å². The second-order valence-corrected chi connectivity index (χ2v) is 5.21. The first-order valence-corrected chi connectivity index (χ1v) is 6.67. The van der Waals surface area contributed by atoms with Crippen molar-refractivity contribution in [2.24, 2.45) is 5.73 Å². The first-order valence-electron chi connectivity index (χ1n) is 5.51. The summed E-state index contributed by atoms with van der Waals surface area (Å²) < 4.78 is 2.05. The molecule has 0 saturated heterocycles. The Kier molecular flexibility index (Phi) is 3.76. The summed E-state index contributed by atoms with van der Waals surface area (Å²) >= 11 is 1.49. The van der Waals surface area contributed by atoms with E-state index in [1.165, 1.54) is 11.8 Å². The van der Waals surface area contributed by atoms with Crippen molar-refractivity contribution in [1.82, 2.24) is 4.57 Å². The number of rotatable bonds is 5. The third-order valence-corrected chi connectivity index (χ3v) is 4.04. The minimum atomic E-state index is -0.973. The molecule has 5 nitrogen and oxygen atoms in total. The topological polar surface area (TPSA) is 88.5 Å². The molecule has 0 bridgehead atoms. The fourth-order valence-corrected chi connectivity index (χ4v) is 3.00. The maximum atomic E-state index is 10.5. The molecule has 2 unspecified atom stereocenters. The predicted molar refractivity (Wildman–Crippen MR) is 65.8 cm³/mol. The standard InChI is InChI=1S/C11H16N2O3S/c12-8(11(15)16)6-17-5-7-1-3-13-4-2-9(14)10(7)13/h1,3,8-9,14H,2,4-6,12H2,(H,15,16). The Morgan fingerprint density at radius 3 is 3.18 bits per heavy atom. The van der Waals surface area contributed by atoms with Gasteiger partial charge in [-0.05, 0) is 18.1 Å². The van der Waals surface area contributed by atoms with E-state index in [-0.39, 0.29) is 6.10 Å². The van der Waals surface area contributed by atoms with E-state index in [0.717, 1.165) is 24.2 Å². The summed E-state index contributed by atoms with van der Waals surface area (Å²) in [6, 6.07) is 1.16. The Morgan fingerprint density at radius 2 is 2.47 bits per heavy atom. The van der Waals surface area contributed by atoms with Gasteiger partial charge in [0.1, 0.15) is 6.04 Å². The van der Waals surface area contributed by atoms with Crippen LogP contribution in [0.5, 0.6) is 0 Å². The molecule has 4 N–H and O–H groups in total. The van der Waals surface area contributed by atoms with Gasteiger partial charge in [0.25, 0.3) is 0 Å². The number of aromatic nitrogens is 1. The van der Waals surface area contributed by atoms with E-state index >= 15 is 0 Å². The lowest BCUT2D eigenvalue weighted by atomic mass is 10.2. The summed E-state index contributed by atoms with van der Waals surface area (Å²) in [7, 11) is 0. The number of aryl methyl sites for hydroxylation is 1. The fraction of sp³-hybridized carbons (Fsp3) is 0.545. The van der Waals surface area contributed by atoms with Crippen molar-refractivity contribution in [2.75, 3.05) is 5.75 Å². The molecule has 0 radical (unpaired) electrons. The van der Waals surface area contributed by atoms with Crippen molar-refractivity contribution < 1.29 is 15.0 Å². The van der Waals surface area contributed by atoms with Crippen LogP contribution in [0, 0.1) is 0 Å². The molecule has 1 aromatic rings. The summed E-state index contributed by atoms with van der Waals surface area (Å²) in [5.41, 5.74) is 7.48. The van der Waals surface area contributed by atoms with Crippen LogP contribution in [0.3, 0.4) is 0 Å². The minimum absolute atomic E-state index is 0.381. The Balaban J connectivity index is 1.90. The third-order valence-electron chi connectivity index (χ3n) is 2.93. The largest absolute Gasteiger partial charge is 0.480 e. The molecule has 0 aromatic carbocycles. The summed E-state index contributed by atoms with van der Waals surface area (Å²) in [5, 5.41) is 18.5. The predicted octanol–water partition coefficient (Wildman–Crippen LogP) is 0.570. The zero-order chi connectivity index (χ0) is 12.4. The van der Waals surface area contributed by atoms with Gasteiger partial charge in [0, 0.05) is 24.2 Å². The highest BCUT2D eigenvalue weighted by atomic mass is 32.2. The van der Waals surface area contributed by atoms with Crippen molar-refractivity contribution in [1.29, 1.82) is 0 Å². The fourth-order valence-electron chi connectivity index (χ4n) is 2.02. The number of thioether (sulfide) groups is 1. The van der Waals surface area contributed by atoms with Crippen molar-refractivity contribution in [2.45, 2.75) is 30.9 Å². The number of carboxylic acid groups (broad SMARTS) is 1. The summed E-state index contributed by atoms with van der Waals surface area (Å²) in [4.78, 5) is 10.5. The SMILES string of the molecule is NC(CSCc1ccn2c1C(O)CC2)C(=O)O. The normalized spacial score (nSPS) is 20.2. The number of carboxylic acids is 1. The molecule has 2 rings (SSSR count). The summed E-state index contributed by atoms with van der Waals surface area (Å²) in [6.07, 6.45) is 2.36. The first-order chi connectivity index (χ1) is 8.09. The van der Waals surface area contributed by atoms with E-state index in [0.29, 0.717) is 11.5 Å². The molecule has 0 spiro atoms. The van der Waals surface area contributed by atoms with Crippen LogP contribution >= 0.6 is 11.8 Å². The van der Waals surface area contributed by atoms with Crippen molar-refractivity contribution in [3.63, 3.8) is 0 Å². The maximum Gasteiger partial charge on any atom is 0.321 e. The monoisotopic (exact) mass is 256 g/mol. The van der Waals surface area contributed by atoms with E-state index in [1.54, 1.807) is 0 Å². The molecule has 0 fully saturated rings. The molecule has 17 heavy (non-hydrogen) atoms. The van der Waals surface area contributed by atoms with Crippen molar-refractivity contribution in [3.05, 3.63) is 23.5 Å². The van der Waals surface area contributed by atoms with Gasteiger partial charge in [-0.1, -0.05) is 0 Å². The van der Waals surface area contributed by atoms with Gasteiger partial charge in [-0.2, -0.15) is 11.8 Å². The lowest BCUT2D eigenvalue weighted by molar-refractivity contribution is -0.137. The Hall–Kier alpha value is -0.980. The Morgan fingerprint density at radius 1 is 1.71 bits per heavy atom. The molecule has 1 aliphatic heterocycles. The number of aliphatic carboxylic acids is 1. The molecule has 0 saturated carbocycles. The zero-order valence-corrected chi connectivity index (χ0v) is 10.2. The van der Waals surface area contributed by atoms with Crippen LogP contribution in [0.25, 0.3) is 0 Å². The van der Waals surface area contributed by atoms with Gasteiger partial charge in [-0.3, -0.25) is 4.79 Å². The highest BCUT2D eigenvalue weighted by molar-refractivity contribution is 7.98. The molecule has 2 heterocycles. The van der Waals surface area contributed by atoms with Crippen molar-refractivity contribution in [3.8, 4) is 0 Å². The van der Waals surface area contributed by atoms with Crippen LogP contribution in [0.15, 0.2) is 12.3 Å². The van der Waals surface area contributed by atoms with Crippen LogP contribution in [-0.4, -0.2) is 32.5 Å². The number of aliphatic hydroxyl groups excluding tert-OH is 1. The second kappa shape index (κ2) is 5.12. The number of nitrogens with two attached hydrogens (primary N) is 1. The highest BCUT2D eigenvalue weighted by Gasteiger charge is 2.23. The number of fused-ring (bicyclic) bond motifs is 1. The summed E-state index contributed by atoms with van der Waals surface area (Å²) in [5.74, 6) is 0.107. The quantitative estimate of drug-likeness (QED) is 0.717. The molecular weight excluding hydrogens is 240 g/mol. The number of nitrogens with zero attached hydrogens (tertiary/aromatic N) is 1. The van der Waals surface area contributed by atoms with Gasteiger partial charge in [-0.15, -0.1) is 0 Å².